The molecule has 0 radical (unpaired) electrons. The minimum absolute atomic E-state index is 0.0229. The summed E-state index contributed by atoms with van der Waals surface area (Å²) in [6, 6.07) is 10.3. The van der Waals surface area contributed by atoms with Crippen LogP contribution in [0.25, 0.3) is 0 Å². The van der Waals surface area contributed by atoms with E-state index in [9.17, 15) is 23.2 Å². The summed E-state index contributed by atoms with van der Waals surface area (Å²) in [6.45, 7) is 1.67. The average Bonchev–Trinajstić information content (AvgIpc) is 2.69. The van der Waals surface area contributed by atoms with Crippen LogP contribution in [0.1, 0.15) is 30.5 Å². The zero-order valence-electron chi connectivity index (χ0n) is 15.9. The van der Waals surface area contributed by atoms with Crippen LogP contribution in [0.4, 0.5) is 14.5 Å². The molecular weight excluding hydrogens is 380 g/mol. The maximum Gasteiger partial charge on any atom is 0.243 e. The van der Waals surface area contributed by atoms with Gasteiger partial charge in [0.2, 0.25) is 17.7 Å². The highest BCUT2D eigenvalue weighted by atomic mass is 19.2. The van der Waals surface area contributed by atoms with Crippen LogP contribution in [0.3, 0.4) is 0 Å². The zero-order chi connectivity index (χ0) is 21.0. The number of benzene rings is 2. The second kappa shape index (κ2) is 8.81. The molecule has 3 amide bonds. The molecule has 0 spiro atoms. The molecule has 152 valence electrons. The van der Waals surface area contributed by atoms with E-state index in [0.29, 0.717) is 6.54 Å². The third-order valence-electron chi connectivity index (χ3n) is 4.85. The van der Waals surface area contributed by atoms with Gasteiger partial charge in [0.1, 0.15) is 0 Å². The van der Waals surface area contributed by atoms with Gasteiger partial charge in [0.05, 0.1) is 19.0 Å². The Kier molecular flexibility index (Phi) is 6.21. The van der Waals surface area contributed by atoms with Gasteiger partial charge in [-0.1, -0.05) is 24.3 Å². The predicted molar refractivity (Wildman–Crippen MR) is 103 cm³/mol. The number of carbonyl (C=O) groups is 3. The van der Waals surface area contributed by atoms with Gasteiger partial charge < -0.3 is 15.5 Å². The van der Waals surface area contributed by atoms with Crippen molar-refractivity contribution in [1.29, 1.82) is 0 Å². The summed E-state index contributed by atoms with van der Waals surface area (Å²) in [4.78, 5) is 38.0. The van der Waals surface area contributed by atoms with Crippen molar-refractivity contribution in [3.63, 3.8) is 0 Å². The molecule has 1 aliphatic heterocycles. The highest BCUT2D eigenvalue weighted by Crippen LogP contribution is 2.32. The number of rotatable bonds is 5. The molecule has 2 N–H and O–H groups in total. The minimum Gasteiger partial charge on any atom is -0.347 e. The maximum absolute atomic E-state index is 13.2. The summed E-state index contributed by atoms with van der Waals surface area (Å²) in [5, 5.41) is 4.90. The van der Waals surface area contributed by atoms with Gasteiger partial charge in [-0.05, 0) is 29.7 Å². The topological polar surface area (TPSA) is 78.5 Å². The minimum atomic E-state index is -1.08. The van der Waals surface area contributed by atoms with Crippen molar-refractivity contribution in [3.05, 3.63) is 65.2 Å². The van der Waals surface area contributed by atoms with Gasteiger partial charge in [-0.3, -0.25) is 14.4 Å². The molecule has 2 aromatic carbocycles. The molecule has 0 bridgehead atoms. The van der Waals surface area contributed by atoms with Crippen molar-refractivity contribution in [2.75, 3.05) is 18.4 Å². The molecule has 1 heterocycles. The molecule has 0 saturated heterocycles. The molecule has 29 heavy (non-hydrogen) atoms. The van der Waals surface area contributed by atoms with Gasteiger partial charge in [-0.25, -0.2) is 8.78 Å². The van der Waals surface area contributed by atoms with E-state index in [0.717, 1.165) is 29.7 Å². The van der Waals surface area contributed by atoms with Gasteiger partial charge in [0, 0.05) is 25.2 Å². The fourth-order valence-corrected chi connectivity index (χ4v) is 3.45. The first-order chi connectivity index (χ1) is 13.8. The van der Waals surface area contributed by atoms with Gasteiger partial charge in [0.15, 0.2) is 11.6 Å². The Hall–Kier alpha value is -3.29. The average molecular weight is 401 g/mol. The molecule has 1 aliphatic rings. The fraction of sp³-hybridized carbons (Fsp3) is 0.286. The standard InChI is InChI=1S/C21H21F2N3O3/c1-13(27)26-9-8-14-4-2-3-5-16(14)19(26)11-20(28)24-12-21(29)25-15-6-7-17(22)18(23)10-15/h2-7,10,19H,8-9,11-12H2,1H3,(H,24,28)(H,25,29). The van der Waals surface area contributed by atoms with Crippen LogP contribution in [-0.4, -0.2) is 35.7 Å². The molecule has 0 aromatic heterocycles. The van der Waals surface area contributed by atoms with Crippen LogP contribution in [0, 0.1) is 11.6 Å². The molecular formula is C21H21F2N3O3. The van der Waals surface area contributed by atoms with Crippen LogP contribution in [0.15, 0.2) is 42.5 Å². The van der Waals surface area contributed by atoms with Crippen LogP contribution in [0.2, 0.25) is 0 Å². The molecule has 3 rings (SSSR count). The van der Waals surface area contributed by atoms with Crippen molar-refractivity contribution in [2.24, 2.45) is 0 Å². The molecule has 0 saturated carbocycles. The van der Waals surface area contributed by atoms with Crippen molar-refractivity contribution >= 4 is 23.4 Å². The largest absolute Gasteiger partial charge is 0.347 e. The second-order valence-electron chi connectivity index (χ2n) is 6.83. The third-order valence-corrected chi connectivity index (χ3v) is 4.85. The van der Waals surface area contributed by atoms with E-state index < -0.39 is 29.5 Å². The summed E-state index contributed by atoms with van der Waals surface area (Å²) in [5.41, 5.74) is 2.11. The van der Waals surface area contributed by atoms with Crippen LogP contribution in [0.5, 0.6) is 0 Å². The summed E-state index contributed by atoms with van der Waals surface area (Å²) in [6.07, 6.45) is 0.750. The highest BCUT2D eigenvalue weighted by molar-refractivity contribution is 5.94. The summed E-state index contributed by atoms with van der Waals surface area (Å²) < 4.78 is 26.1. The summed E-state index contributed by atoms with van der Waals surface area (Å²) in [5.74, 6) is -3.17. The Morgan fingerprint density at radius 2 is 1.83 bits per heavy atom. The van der Waals surface area contributed by atoms with E-state index in [-0.39, 0.29) is 24.6 Å². The number of nitrogens with zero attached hydrogens (tertiary/aromatic N) is 1. The molecule has 1 atom stereocenters. The van der Waals surface area contributed by atoms with Crippen molar-refractivity contribution < 1.29 is 23.2 Å². The second-order valence-corrected chi connectivity index (χ2v) is 6.83. The summed E-state index contributed by atoms with van der Waals surface area (Å²) >= 11 is 0. The molecule has 6 nitrogen and oxygen atoms in total. The lowest BCUT2D eigenvalue weighted by Crippen LogP contribution is -2.42. The van der Waals surface area contributed by atoms with Gasteiger partial charge in [-0.15, -0.1) is 0 Å². The Morgan fingerprint density at radius 3 is 2.55 bits per heavy atom. The van der Waals surface area contributed by atoms with Crippen molar-refractivity contribution in [1.82, 2.24) is 10.2 Å². The first kappa shape index (κ1) is 20.4. The maximum atomic E-state index is 13.2. The van der Waals surface area contributed by atoms with Crippen LogP contribution in [-0.2, 0) is 20.8 Å². The van der Waals surface area contributed by atoms with E-state index >= 15 is 0 Å². The van der Waals surface area contributed by atoms with E-state index in [2.05, 4.69) is 10.6 Å². The SMILES string of the molecule is CC(=O)N1CCc2ccccc2C1CC(=O)NCC(=O)Nc1ccc(F)c(F)c1. The number of amides is 3. The Balaban J connectivity index is 1.59. The lowest BCUT2D eigenvalue weighted by molar-refractivity contribution is -0.133. The van der Waals surface area contributed by atoms with Gasteiger partial charge >= 0.3 is 0 Å². The first-order valence-electron chi connectivity index (χ1n) is 9.21. The van der Waals surface area contributed by atoms with E-state index in [1.54, 1.807) is 4.90 Å². The van der Waals surface area contributed by atoms with E-state index in [1.807, 2.05) is 24.3 Å². The van der Waals surface area contributed by atoms with Crippen molar-refractivity contribution in [3.8, 4) is 0 Å². The predicted octanol–water partition coefficient (Wildman–Crippen LogP) is 2.56. The number of hydrogen-bond acceptors (Lipinski definition) is 3. The molecule has 8 heteroatoms. The summed E-state index contributed by atoms with van der Waals surface area (Å²) in [7, 11) is 0. The molecule has 1 unspecified atom stereocenters. The highest BCUT2D eigenvalue weighted by Gasteiger charge is 2.30. The normalized spacial score (nSPS) is 15.4. The third kappa shape index (κ3) is 4.96. The van der Waals surface area contributed by atoms with E-state index in [1.165, 1.54) is 13.0 Å². The number of nitrogens with one attached hydrogen (secondary N) is 2. The van der Waals surface area contributed by atoms with E-state index in [4.69, 9.17) is 0 Å². The smallest absolute Gasteiger partial charge is 0.243 e. The fourth-order valence-electron chi connectivity index (χ4n) is 3.45. The molecule has 0 fully saturated rings. The number of carbonyl (C=O) groups excluding carboxylic acids is 3. The lowest BCUT2D eigenvalue weighted by Gasteiger charge is -2.36. The lowest BCUT2D eigenvalue weighted by atomic mass is 9.90. The van der Waals surface area contributed by atoms with Crippen LogP contribution < -0.4 is 10.6 Å². The van der Waals surface area contributed by atoms with Gasteiger partial charge in [-0.2, -0.15) is 0 Å². The number of halogens is 2. The van der Waals surface area contributed by atoms with Crippen LogP contribution >= 0.6 is 0 Å². The molecule has 2 aromatic rings. The van der Waals surface area contributed by atoms with Crippen molar-refractivity contribution in [2.45, 2.75) is 25.8 Å². The number of hydrogen-bond donors (Lipinski definition) is 2. The zero-order valence-corrected chi connectivity index (χ0v) is 15.9. The number of fused-ring (bicyclic) bond motifs is 1. The Labute approximate surface area is 166 Å². The monoisotopic (exact) mass is 401 g/mol. The Bertz CT molecular complexity index is 949. The van der Waals surface area contributed by atoms with Gasteiger partial charge in [0.25, 0.3) is 0 Å². The first-order valence-corrected chi connectivity index (χ1v) is 9.21. The molecule has 0 aliphatic carbocycles. The Morgan fingerprint density at radius 1 is 1.07 bits per heavy atom. The number of anilines is 1. The quantitative estimate of drug-likeness (QED) is 0.808.